The molecule has 2 heterocycles. The van der Waals surface area contributed by atoms with Crippen molar-refractivity contribution >= 4 is 0 Å². The van der Waals surface area contributed by atoms with Gasteiger partial charge in [0.2, 0.25) is 0 Å². The summed E-state index contributed by atoms with van der Waals surface area (Å²) in [4.78, 5) is 4.24. The molecule has 0 spiro atoms. The van der Waals surface area contributed by atoms with E-state index in [-0.39, 0.29) is 5.82 Å². The molecule has 1 atom stereocenters. The number of β-amino-alcohol motifs (C(OH)–C–C–N with tert-alkyl or cyclic N) is 1. The van der Waals surface area contributed by atoms with Crippen molar-refractivity contribution in [2.75, 3.05) is 32.7 Å². The van der Waals surface area contributed by atoms with Crippen LogP contribution >= 0.6 is 0 Å². The van der Waals surface area contributed by atoms with Gasteiger partial charge in [0, 0.05) is 44.8 Å². The highest BCUT2D eigenvalue weighted by molar-refractivity contribution is 5.18. The van der Waals surface area contributed by atoms with Crippen molar-refractivity contribution in [1.82, 2.24) is 9.80 Å². The Morgan fingerprint density at radius 1 is 1.09 bits per heavy atom. The first-order valence-corrected chi connectivity index (χ1v) is 7.72. The van der Waals surface area contributed by atoms with Crippen molar-refractivity contribution in [3.8, 4) is 0 Å². The van der Waals surface area contributed by atoms with E-state index in [1.807, 2.05) is 0 Å². The van der Waals surface area contributed by atoms with Crippen LogP contribution in [0.3, 0.4) is 0 Å². The molecule has 0 saturated carbocycles. The molecule has 1 aliphatic heterocycles. The zero-order chi connectivity index (χ0) is 16.2. The van der Waals surface area contributed by atoms with Gasteiger partial charge in [0.05, 0.1) is 6.26 Å². The second kappa shape index (κ2) is 7.21. The minimum absolute atomic E-state index is 0.373. The van der Waals surface area contributed by atoms with Crippen molar-refractivity contribution in [3.05, 3.63) is 59.6 Å². The number of aliphatic hydroxyl groups is 1. The van der Waals surface area contributed by atoms with Crippen LogP contribution < -0.4 is 0 Å². The fourth-order valence-corrected chi connectivity index (χ4v) is 2.85. The van der Waals surface area contributed by atoms with Gasteiger partial charge in [0.15, 0.2) is 0 Å². The van der Waals surface area contributed by atoms with Crippen LogP contribution in [0.5, 0.6) is 0 Å². The fourth-order valence-electron chi connectivity index (χ4n) is 2.85. The highest BCUT2D eigenvalue weighted by Gasteiger charge is 2.21. The van der Waals surface area contributed by atoms with E-state index in [4.69, 9.17) is 4.42 Å². The number of benzene rings is 1. The van der Waals surface area contributed by atoms with Crippen LogP contribution in [0.25, 0.3) is 0 Å². The monoisotopic (exact) mass is 322 g/mol. The fraction of sp³-hybridized carbons (Fsp3) is 0.412. The summed E-state index contributed by atoms with van der Waals surface area (Å²) < 4.78 is 32.1. The van der Waals surface area contributed by atoms with E-state index in [0.717, 1.165) is 32.2 Å². The lowest BCUT2D eigenvalue weighted by atomic mass is 10.1. The number of nitrogens with zero attached hydrogens (tertiary/aromatic N) is 2. The van der Waals surface area contributed by atoms with Gasteiger partial charge in [0.1, 0.15) is 23.5 Å². The molecule has 1 aliphatic rings. The van der Waals surface area contributed by atoms with Gasteiger partial charge in [-0.2, -0.15) is 0 Å². The number of hydrogen-bond donors (Lipinski definition) is 1. The number of aliphatic hydroxyl groups excluding tert-OH is 1. The molecule has 0 unspecified atom stereocenters. The van der Waals surface area contributed by atoms with E-state index in [1.54, 1.807) is 18.4 Å². The Morgan fingerprint density at radius 3 is 2.52 bits per heavy atom. The highest BCUT2D eigenvalue weighted by atomic mass is 19.1. The second-order valence-electron chi connectivity index (χ2n) is 5.84. The summed E-state index contributed by atoms with van der Waals surface area (Å²) in [7, 11) is 0. The summed E-state index contributed by atoms with van der Waals surface area (Å²) in [6.45, 7) is 3.96. The molecule has 2 aromatic rings. The Morgan fingerprint density at radius 2 is 1.83 bits per heavy atom. The second-order valence-corrected chi connectivity index (χ2v) is 5.84. The van der Waals surface area contributed by atoms with Gasteiger partial charge in [-0.1, -0.05) is 0 Å². The minimum atomic E-state index is -0.641. The van der Waals surface area contributed by atoms with E-state index in [9.17, 15) is 13.9 Å². The maximum atomic E-state index is 13.7. The number of hydrogen-bond acceptors (Lipinski definition) is 4. The summed E-state index contributed by atoms with van der Waals surface area (Å²) in [6.07, 6.45) is 0.904. The van der Waals surface area contributed by atoms with Crippen molar-refractivity contribution < 1.29 is 18.3 Å². The van der Waals surface area contributed by atoms with E-state index in [2.05, 4.69) is 9.80 Å². The minimum Gasteiger partial charge on any atom is -0.467 e. The van der Waals surface area contributed by atoms with E-state index in [0.29, 0.717) is 24.4 Å². The maximum Gasteiger partial charge on any atom is 0.133 e. The number of furan rings is 1. The summed E-state index contributed by atoms with van der Waals surface area (Å²) in [5.74, 6) is -0.224. The molecular weight excluding hydrogens is 302 g/mol. The van der Waals surface area contributed by atoms with Crippen LogP contribution in [0, 0.1) is 11.6 Å². The summed E-state index contributed by atoms with van der Waals surface area (Å²) in [5, 5.41) is 10.1. The van der Waals surface area contributed by atoms with Gasteiger partial charge in [-0.3, -0.25) is 9.80 Å². The topological polar surface area (TPSA) is 39.9 Å². The Balaban J connectivity index is 1.49. The molecule has 124 valence electrons. The largest absolute Gasteiger partial charge is 0.467 e. The first-order chi connectivity index (χ1) is 11.1. The molecule has 6 heteroatoms. The molecule has 1 N–H and O–H groups in total. The lowest BCUT2D eigenvalue weighted by Gasteiger charge is -2.35. The van der Waals surface area contributed by atoms with E-state index >= 15 is 0 Å². The van der Waals surface area contributed by atoms with Crippen LogP contribution in [-0.2, 0) is 6.54 Å². The zero-order valence-corrected chi connectivity index (χ0v) is 12.8. The standard InChI is InChI=1S/C17H20F2N2O2/c18-14-3-4-15(19)13(10-14)11-20-5-7-21(8-6-20)12-16(22)17-2-1-9-23-17/h1-4,9-10,16,22H,5-8,11-12H2/t16-/m0/s1. The predicted octanol–water partition coefficient (Wildman–Crippen LogP) is 2.41. The smallest absolute Gasteiger partial charge is 0.133 e. The van der Waals surface area contributed by atoms with Crippen molar-refractivity contribution in [1.29, 1.82) is 0 Å². The van der Waals surface area contributed by atoms with Crippen LogP contribution in [0.2, 0.25) is 0 Å². The predicted molar refractivity (Wildman–Crippen MR) is 81.7 cm³/mol. The van der Waals surface area contributed by atoms with Gasteiger partial charge in [-0.15, -0.1) is 0 Å². The number of halogens is 2. The van der Waals surface area contributed by atoms with Gasteiger partial charge >= 0.3 is 0 Å². The molecule has 0 bridgehead atoms. The van der Waals surface area contributed by atoms with E-state index in [1.165, 1.54) is 12.1 Å². The molecule has 4 nitrogen and oxygen atoms in total. The van der Waals surface area contributed by atoms with Crippen molar-refractivity contribution in [3.63, 3.8) is 0 Å². The molecule has 1 aromatic carbocycles. The lowest BCUT2D eigenvalue weighted by molar-refractivity contribution is 0.0595. The van der Waals surface area contributed by atoms with Gasteiger partial charge in [0.25, 0.3) is 0 Å². The molecule has 23 heavy (non-hydrogen) atoms. The number of piperazine rings is 1. The molecule has 0 amide bonds. The molecule has 0 aliphatic carbocycles. The van der Waals surface area contributed by atoms with Crippen LogP contribution in [0.4, 0.5) is 8.78 Å². The Labute approximate surface area is 133 Å². The number of rotatable bonds is 5. The van der Waals surface area contributed by atoms with Crippen molar-refractivity contribution in [2.24, 2.45) is 0 Å². The SMILES string of the molecule is O[C@@H](CN1CCN(Cc2cc(F)ccc2F)CC1)c1ccco1. The normalized spacial score (nSPS) is 18.2. The van der Waals surface area contributed by atoms with Gasteiger partial charge in [-0.25, -0.2) is 8.78 Å². The first kappa shape index (κ1) is 16.1. The molecule has 1 aromatic heterocycles. The first-order valence-electron chi connectivity index (χ1n) is 7.72. The maximum absolute atomic E-state index is 13.7. The quantitative estimate of drug-likeness (QED) is 0.918. The van der Waals surface area contributed by atoms with Gasteiger partial charge in [-0.05, 0) is 30.3 Å². The molecular formula is C17H20F2N2O2. The summed E-state index contributed by atoms with van der Waals surface area (Å²) in [6, 6.07) is 7.06. The summed E-state index contributed by atoms with van der Waals surface area (Å²) in [5.41, 5.74) is 0.383. The lowest BCUT2D eigenvalue weighted by Crippen LogP contribution is -2.47. The van der Waals surface area contributed by atoms with Crippen LogP contribution in [0.1, 0.15) is 17.4 Å². The van der Waals surface area contributed by atoms with Crippen LogP contribution in [-0.4, -0.2) is 47.6 Å². The third-order valence-corrected chi connectivity index (χ3v) is 4.17. The van der Waals surface area contributed by atoms with Gasteiger partial charge < -0.3 is 9.52 Å². The van der Waals surface area contributed by atoms with Crippen LogP contribution in [0.15, 0.2) is 41.0 Å². The Kier molecular flexibility index (Phi) is 5.05. The highest BCUT2D eigenvalue weighted by Crippen LogP contribution is 2.17. The van der Waals surface area contributed by atoms with Crippen molar-refractivity contribution in [2.45, 2.75) is 12.6 Å². The molecule has 0 radical (unpaired) electrons. The molecule has 1 saturated heterocycles. The summed E-state index contributed by atoms with van der Waals surface area (Å²) >= 11 is 0. The Bertz CT molecular complexity index is 626. The zero-order valence-electron chi connectivity index (χ0n) is 12.8. The Hall–Kier alpha value is -1.76. The van der Waals surface area contributed by atoms with E-state index < -0.39 is 11.9 Å². The average Bonchev–Trinajstić information content (AvgIpc) is 3.07. The average molecular weight is 322 g/mol. The third kappa shape index (κ3) is 4.16. The molecule has 1 fully saturated rings. The third-order valence-electron chi connectivity index (χ3n) is 4.17. The molecule has 3 rings (SSSR count).